The van der Waals surface area contributed by atoms with E-state index in [1.54, 1.807) is 36.5 Å². The van der Waals surface area contributed by atoms with Crippen molar-refractivity contribution < 1.29 is 18.7 Å². The molecule has 1 atom stereocenters. The van der Waals surface area contributed by atoms with Crippen LogP contribution < -0.4 is 10.6 Å². The van der Waals surface area contributed by atoms with Gasteiger partial charge in [0.25, 0.3) is 0 Å². The lowest BCUT2D eigenvalue weighted by molar-refractivity contribution is 0.170. The number of rotatable bonds is 5. The summed E-state index contributed by atoms with van der Waals surface area (Å²) >= 11 is 0. The van der Waals surface area contributed by atoms with Gasteiger partial charge in [0.2, 0.25) is 5.89 Å². The predicted octanol–water partition coefficient (Wildman–Crippen LogP) is 3.34. The zero-order valence-corrected chi connectivity index (χ0v) is 13.1. The lowest BCUT2D eigenvalue weighted by atomic mass is 10.1. The first-order chi connectivity index (χ1) is 12.1. The van der Waals surface area contributed by atoms with Crippen LogP contribution in [0.4, 0.5) is 14.9 Å². The van der Waals surface area contributed by atoms with Crippen LogP contribution >= 0.6 is 0 Å². The molecule has 3 aromatic rings. The van der Waals surface area contributed by atoms with Crippen LogP contribution in [0.25, 0.3) is 11.5 Å². The summed E-state index contributed by atoms with van der Waals surface area (Å²) in [5.74, 6) is -0.0247. The van der Waals surface area contributed by atoms with Crippen LogP contribution in [0.2, 0.25) is 0 Å². The first-order valence-corrected chi connectivity index (χ1v) is 7.61. The van der Waals surface area contributed by atoms with Crippen LogP contribution in [-0.2, 0) is 0 Å². The van der Waals surface area contributed by atoms with Gasteiger partial charge in [-0.15, -0.1) is 0 Å². The number of hydrogen-bond acceptors (Lipinski definition) is 4. The Morgan fingerprint density at radius 3 is 2.64 bits per heavy atom. The molecule has 0 aliphatic carbocycles. The maximum Gasteiger partial charge on any atom is 0.319 e. The van der Waals surface area contributed by atoms with Gasteiger partial charge in [-0.05, 0) is 30.3 Å². The minimum atomic E-state index is -1.13. The van der Waals surface area contributed by atoms with Gasteiger partial charge in [-0.1, -0.05) is 18.2 Å². The third kappa shape index (κ3) is 4.21. The highest BCUT2D eigenvalue weighted by atomic mass is 19.1. The maximum atomic E-state index is 13.6. The number of nitrogens with zero attached hydrogens (tertiary/aromatic N) is 1. The summed E-state index contributed by atoms with van der Waals surface area (Å²) in [4.78, 5) is 15.9. The van der Waals surface area contributed by atoms with Crippen molar-refractivity contribution in [2.75, 3.05) is 11.9 Å². The quantitative estimate of drug-likeness (QED) is 0.664. The average molecular weight is 341 g/mol. The van der Waals surface area contributed by atoms with Gasteiger partial charge in [-0.3, -0.25) is 0 Å². The molecule has 0 saturated heterocycles. The summed E-state index contributed by atoms with van der Waals surface area (Å²) in [5, 5.41) is 15.1. The van der Waals surface area contributed by atoms with Crippen molar-refractivity contribution in [3.8, 4) is 11.5 Å². The number of carbonyl (C=O) groups is 1. The van der Waals surface area contributed by atoms with Gasteiger partial charge in [-0.25, -0.2) is 14.2 Å². The Hall–Kier alpha value is -3.19. The van der Waals surface area contributed by atoms with Crippen molar-refractivity contribution in [3.63, 3.8) is 0 Å². The molecule has 2 amide bonds. The Morgan fingerprint density at radius 1 is 1.20 bits per heavy atom. The Labute approximate surface area is 143 Å². The number of carbonyl (C=O) groups excluding carboxylic acids is 1. The monoisotopic (exact) mass is 341 g/mol. The molecule has 0 fully saturated rings. The van der Waals surface area contributed by atoms with Crippen LogP contribution in [0.5, 0.6) is 0 Å². The molecule has 25 heavy (non-hydrogen) atoms. The SMILES string of the molecule is O=C(NCC(O)c1ccccc1F)Nc1ccc(-c2ncco2)cc1. The molecule has 3 N–H and O–H groups in total. The minimum absolute atomic E-state index is 0.110. The summed E-state index contributed by atoms with van der Waals surface area (Å²) in [6.45, 7) is -0.110. The van der Waals surface area contributed by atoms with E-state index in [0.29, 0.717) is 11.6 Å². The zero-order valence-electron chi connectivity index (χ0n) is 13.1. The number of aromatic nitrogens is 1. The number of urea groups is 1. The maximum absolute atomic E-state index is 13.6. The van der Waals surface area contributed by atoms with Gasteiger partial charge in [0.15, 0.2) is 0 Å². The second kappa shape index (κ2) is 7.59. The molecule has 0 spiro atoms. The highest BCUT2D eigenvalue weighted by Gasteiger charge is 2.13. The molecular weight excluding hydrogens is 325 g/mol. The average Bonchev–Trinajstić information content (AvgIpc) is 3.15. The number of amides is 2. The lowest BCUT2D eigenvalue weighted by Gasteiger charge is -2.13. The lowest BCUT2D eigenvalue weighted by Crippen LogP contribution is -2.32. The molecule has 0 aliphatic heterocycles. The summed E-state index contributed by atoms with van der Waals surface area (Å²) < 4.78 is 18.8. The van der Waals surface area contributed by atoms with Crippen molar-refractivity contribution in [2.45, 2.75) is 6.10 Å². The largest absolute Gasteiger partial charge is 0.445 e. The minimum Gasteiger partial charge on any atom is -0.445 e. The van der Waals surface area contributed by atoms with Crippen LogP contribution in [0.1, 0.15) is 11.7 Å². The van der Waals surface area contributed by atoms with Gasteiger partial charge in [0.1, 0.15) is 12.1 Å². The van der Waals surface area contributed by atoms with Crippen molar-refractivity contribution in [1.29, 1.82) is 0 Å². The highest BCUT2D eigenvalue weighted by molar-refractivity contribution is 5.89. The fraction of sp³-hybridized carbons (Fsp3) is 0.111. The van der Waals surface area contributed by atoms with Crippen LogP contribution in [0, 0.1) is 5.82 Å². The van der Waals surface area contributed by atoms with E-state index in [1.165, 1.54) is 24.5 Å². The van der Waals surface area contributed by atoms with E-state index in [2.05, 4.69) is 15.6 Å². The number of benzene rings is 2. The summed E-state index contributed by atoms with van der Waals surface area (Å²) in [5.41, 5.74) is 1.48. The smallest absolute Gasteiger partial charge is 0.319 e. The van der Waals surface area contributed by atoms with Crippen LogP contribution in [0.3, 0.4) is 0 Å². The Bertz CT molecular complexity index is 835. The Balaban J connectivity index is 1.53. The fourth-order valence-electron chi connectivity index (χ4n) is 2.28. The van der Waals surface area contributed by atoms with Gasteiger partial charge in [0.05, 0.1) is 12.3 Å². The van der Waals surface area contributed by atoms with Gasteiger partial charge in [-0.2, -0.15) is 0 Å². The summed E-state index contributed by atoms with van der Waals surface area (Å²) in [6, 6.07) is 12.3. The Kier molecular flexibility index (Phi) is 5.06. The van der Waals surface area contributed by atoms with Crippen molar-refractivity contribution in [1.82, 2.24) is 10.3 Å². The second-order valence-electron chi connectivity index (χ2n) is 5.29. The number of aliphatic hydroxyl groups is 1. The fourth-order valence-corrected chi connectivity index (χ4v) is 2.28. The first kappa shape index (κ1) is 16.7. The first-order valence-electron chi connectivity index (χ1n) is 7.61. The van der Waals surface area contributed by atoms with E-state index in [4.69, 9.17) is 4.42 Å². The summed E-state index contributed by atoms with van der Waals surface area (Å²) in [6.07, 6.45) is 1.91. The third-order valence-corrected chi connectivity index (χ3v) is 3.54. The van der Waals surface area contributed by atoms with E-state index in [9.17, 15) is 14.3 Å². The van der Waals surface area contributed by atoms with E-state index in [-0.39, 0.29) is 12.1 Å². The molecule has 0 aliphatic rings. The van der Waals surface area contributed by atoms with Gasteiger partial charge in [0, 0.05) is 23.4 Å². The molecule has 6 nitrogen and oxygen atoms in total. The molecule has 7 heteroatoms. The van der Waals surface area contributed by atoms with Gasteiger partial charge < -0.3 is 20.2 Å². The number of anilines is 1. The molecule has 2 aromatic carbocycles. The predicted molar refractivity (Wildman–Crippen MR) is 90.3 cm³/mol. The molecule has 128 valence electrons. The number of oxazole rings is 1. The van der Waals surface area contributed by atoms with Gasteiger partial charge >= 0.3 is 6.03 Å². The number of aliphatic hydroxyl groups excluding tert-OH is 1. The number of halogens is 1. The van der Waals surface area contributed by atoms with E-state index < -0.39 is 18.0 Å². The number of nitrogens with one attached hydrogen (secondary N) is 2. The van der Waals surface area contributed by atoms with Crippen molar-refractivity contribution in [3.05, 3.63) is 72.4 Å². The van der Waals surface area contributed by atoms with Crippen LogP contribution in [-0.4, -0.2) is 22.7 Å². The van der Waals surface area contributed by atoms with E-state index in [0.717, 1.165) is 5.56 Å². The Morgan fingerprint density at radius 2 is 1.96 bits per heavy atom. The molecule has 0 radical (unpaired) electrons. The topological polar surface area (TPSA) is 87.4 Å². The van der Waals surface area contributed by atoms with E-state index >= 15 is 0 Å². The second-order valence-corrected chi connectivity index (χ2v) is 5.29. The molecule has 1 unspecified atom stereocenters. The molecule has 1 heterocycles. The van der Waals surface area contributed by atoms with Crippen molar-refractivity contribution >= 4 is 11.7 Å². The number of hydrogen-bond donors (Lipinski definition) is 3. The third-order valence-electron chi connectivity index (χ3n) is 3.54. The normalized spacial score (nSPS) is 11.8. The zero-order chi connectivity index (χ0) is 17.6. The van der Waals surface area contributed by atoms with E-state index in [1.807, 2.05) is 0 Å². The highest BCUT2D eigenvalue weighted by Crippen LogP contribution is 2.19. The molecule has 0 bridgehead atoms. The molecular formula is C18H16FN3O3. The molecule has 3 rings (SSSR count). The van der Waals surface area contributed by atoms with Crippen molar-refractivity contribution in [2.24, 2.45) is 0 Å². The molecule has 1 aromatic heterocycles. The standard InChI is InChI=1S/C18H16FN3O3/c19-15-4-2-1-3-14(15)16(23)11-21-18(24)22-13-7-5-12(6-8-13)17-20-9-10-25-17/h1-10,16,23H,11H2,(H2,21,22,24). The van der Waals surface area contributed by atoms with Crippen LogP contribution in [0.15, 0.2) is 65.4 Å². The summed E-state index contributed by atoms with van der Waals surface area (Å²) in [7, 11) is 0. The molecule has 0 saturated carbocycles.